The number of rotatable bonds is 4. The standard InChI is InChI=1S/C12H18O2/c1-2-3-12(13)14-8-11-7-9-4-5-10(11)6-9/h4-5,9-11H,2-3,6-8H2,1H3/t9-,10+,11+/m1/s1. The number of allylic oxidation sites excluding steroid dienone is 2. The monoisotopic (exact) mass is 194 g/mol. The first kappa shape index (κ1) is 9.75. The summed E-state index contributed by atoms with van der Waals surface area (Å²) in [4.78, 5) is 11.2. The largest absolute Gasteiger partial charge is 0.465 e. The average molecular weight is 194 g/mol. The summed E-state index contributed by atoms with van der Waals surface area (Å²) in [5.41, 5.74) is 0. The fourth-order valence-corrected chi connectivity index (χ4v) is 2.56. The van der Waals surface area contributed by atoms with Gasteiger partial charge in [-0.15, -0.1) is 0 Å². The summed E-state index contributed by atoms with van der Waals surface area (Å²) in [5, 5.41) is 0. The van der Waals surface area contributed by atoms with Crippen LogP contribution in [0.4, 0.5) is 0 Å². The third-order valence-corrected chi connectivity index (χ3v) is 3.33. The zero-order valence-electron chi connectivity index (χ0n) is 8.74. The van der Waals surface area contributed by atoms with Gasteiger partial charge in [-0.3, -0.25) is 4.79 Å². The number of carbonyl (C=O) groups excluding carboxylic acids is 1. The fraction of sp³-hybridized carbons (Fsp3) is 0.750. The summed E-state index contributed by atoms with van der Waals surface area (Å²) in [6.07, 6.45) is 8.57. The first-order chi connectivity index (χ1) is 6.79. The van der Waals surface area contributed by atoms with E-state index in [4.69, 9.17) is 4.74 Å². The highest BCUT2D eigenvalue weighted by atomic mass is 16.5. The van der Waals surface area contributed by atoms with Crippen molar-refractivity contribution >= 4 is 5.97 Å². The lowest BCUT2D eigenvalue weighted by Crippen LogP contribution is -2.17. The smallest absolute Gasteiger partial charge is 0.305 e. The molecule has 1 fully saturated rings. The molecule has 2 aliphatic carbocycles. The second-order valence-corrected chi connectivity index (χ2v) is 4.47. The molecule has 2 rings (SSSR count). The molecule has 0 aromatic carbocycles. The van der Waals surface area contributed by atoms with Crippen LogP contribution in [0.15, 0.2) is 12.2 Å². The first-order valence-corrected chi connectivity index (χ1v) is 5.63. The molecule has 3 atom stereocenters. The van der Waals surface area contributed by atoms with Crippen LogP contribution in [0.5, 0.6) is 0 Å². The third-order valence-electron chi connectivity index (χ3n) is 3.33. The summed E-state index contributed by atoms with van der Waals surface area (Å²) < 4.78 is 5.25. The normalized spacial score (nSPS) is 33.6. The van der Waals surface area contributed by atoms with E-state index >= 15 is 0 Å². The van der Waals surface area contributed by atoms with Gasteiger partial charge in [0.15, 0.2) is 0 Å². The molecule has 0 saturated heterocycles. The minimum absolute atomic E-state index is 0.0285. The van der Waals surface area contributed by atoms with Crippen LogP contribution in [0.3, 0.4) is 0 Å². The van der Waals surface area contributed by atoms with E-state index in [1.54, 1.807) is 0 Å². The Balaban J connectivity index is 1.72. The molecule has 0 aromatic heterocycles. The molecule has 0 unspecified atom stereocenters. The van der Waals surface area contributed by atoms with Crippen LogP contribution >= 0.6 is 0 Å². The Morgan fingerprint density at radius 3 is 2.86 bits per heavy atom. The van der Waals surface area contributed by atoms with Gasteiger partial charge >= 0.3 is 5.97 Å². The van der Waals surface area contributed by atoms with Crippen LogP contribution in [-0.4, -0.2) is 12.6 Å². The van der Waals surface area contributed by atoms with E-state index in [-0.39, 0.29) is 5.97 Å². The van der Waals surface area contributed by atoms with Gasteiger partial charge in [0, 0.05) is 6.42 Å². The molecular weight excluding hydrogens is 176 g/mol. The topological polar surface area (TPSA) is 26.3 Å². The zero-order chi connectivity index (χ0) is 9.97. The second-order valence-electron chi connectivity index (χ2n) is 4.47. The summed E-state index contributed by atoms with van der Waals surface area (Å²) >= 11 is 0. The number of ether oxygens (including phenoxy) is 1. The number of hydrogen-bond acceptors (Lipinski definition) is 2. The minimum Gasteiger partial charge on any atom is -0.465 e. The zero-order valence-corrected chi connectivity index (χ0v) is 8.74. The Morgan fingerprint density at radius 2 is 2.29 bits per heavy atom. The van der Waals surface area contributed by atoms with Gasteiger partial charge in [-0.1, -0.05) is 19.1 Å². The highest BCUT2D eigenvalue weighted by molar-refractivity contribution is 5.69. The molecule has 2 heteroatoms. The third kappa shape index (κ3) is 1.99. The summed E-state index contributed by atoms with van der Waals surface area (Å²) in [7, 11) is 0. The van der Waals surface area contributed by atoms with Crippen molar-refractivity contribution in [2.45, 2.75) is 32.6 Å². The van der Waals surface area contributed by atoms with Crippen molar-refractivity contribution in [2.75, 3.05) is 6.61 Å². The van der Waals surface area contributed by atoms with Crippen molar-refractivity contribution in [2.24, 2.45) is 17.8 Å². The van der Waals surface area contributed by atoms with Crippen LogP contribution in [0.2, 0.25) is 0 Å². The molecule has 0 radical (unpaired) electrons. The summed E-state index contributed by atoms with van der Waals surface area (Å²) in [6, 6.07) is 0. The number of hydrogen-bond donors (Lipinski definition) is 0. The van der Waals surface area contributed by atoms with Crippen LogP contribution < -0.4 is 0 Å². The molecule has 0 heterocycles. The van der Waals surface area contributed by atoms with E-state index < -0.39 is 0 Å². The van der Waals surface area contributed by atoms with Gasteiger partial charge in [0.1, 0.15) is 0 Å². The van der Waals surface area contributed by atoms with Gasteiger partial charge in [-0.25, -0.2) is 0 Å². The van der Waals surface area contributed by atoms with Crippen LogP contribution in [0.25, 0.3) is 0 Å². The van der Waals surface area contributed by atoms with E-state index in [1.165, 1.54) is 12.8 Å². The molecule has 2 bridgehead atoms. The predicted molar refractivity (Wildman–Crippen MR) is 54.7 cm³/mol. The van der Waals surface area contributed by atoms with Gasteiger partial charge in [0.25, 0.3) is 0 Å². The van der Waals surface area contributed by atoms with Crippen molar-refractivity contribution in [1.29, 1.82) is 0 Å². The molecule has 0 spiro atoms. The Kier molecular flexibility index (Phi) is 2.90. The maximum absolute atomic E-state index is 11.2. The van der Waals surface area contributed by atoms with E-state index in [9.17, 15) is 4.79 Å². The van der Waals surface area contributed by atoms with Crippen molar-refractivity contribution in [1.82, 2.24) is 0 Å². The quantitative estimate of drug-likeness (QED) is 0.508. The molecule has 0 amide bonds. The van der Waals surface area contributed by atoms with E-state index in [0.29, 0.717) is 24.9 Å². The second kappa shape index (κ2) is 4.16. The Hall–Kier alpha value is -0.790. The minimum atomic E-state index is -0.0285. The molecule has 1 saturated carbocycles. The Bertz CT molecular complexity index is 245. The van der Waals surface area contributed by atoms with E-state index in [2.05, 4.69) is 12.2 Å². The highest BCUT2D eigenvalue weighted by Gasteiger charge is 2.35. The maximum atomic E-state index is 11.2. The predicted octanol–water partition coefficient (Wildman–Crippen LogP) is 2.54. The first-order valence-electron chi connectivity index (χ1n) is 5.63. The van der Waals surface area contributed by atoms with Crippen LogP contribution in [0.1, 0.15) is 32.6 Å². The lowest BCUT2D eigenvalue weighted by Gasteiger charge is -2.17. The van der Waals surface area contributed by atoms with Crippen molar-refractivity contribution in [3.8, 4) is 0 Å². The van der Waals surface area contributed by atoms with Gasteiger partial charge < -0.3 is 4.74 Å². The fourth-order valence-electron chi connectivity index (χ4n) is 2.56. The summed E-state index contributed by atoms with van der Waals surface area (Å²) in [5.74, 6) is 2.04. The van der Waals surface area contributed by atoms with E-state index in [0.717, 1.165) is 12.3 Å². The van der Waals surface area contributed by atoms with Crippen LogP contribution in [-0.2, 0) is 9.53 Å². The molecule has 0 N–H and O–H groups in total. The van der Waals surface area contributed by atoms with Crippen molar-refractivity contribution < 1.29 is 9.53 Å². The van der Waals surface area contributed by atoms with Gasteiger partial charge in [-0.2, -0.15) is 0 Å². The van der Waals surface area contributed by atoms with Gasteiger partial charge in [-0.05, 0) is 37.0 Å². The SMILES string of the molecule is CCCC(=O)OC[C@@H]1C[C@@H]2C=C[C@H]1C2. The van der Waals surface area contributed by atoms with Crippen LogP contribution in [0, 0.1) is 17.8 Å². The maximum Gasteiger partial charge on any atom is 0.305 e. The summed E-state index contributed by atoms with van der Waals surface area (Å²) in [6.45, 7) is 2.64. The molecular formula is C12H18O2. The highest BCUT2D eigenvalue weighted by Crippen LogP contribution is 2.43. The average Bonchev–Trinajstić information content (AvgIpc) is 2.76. The molecule has 14 heavy (non-hydrogen) atoms. The molecule has 0 aliphatic heterocycles. The number of fused-ring (bicyclic) bond motifs is 2. The molecule has 2 aliphatic rings. The lowest BCUT2D eigenvalue weighted by molar-refractivity contribution is -0.145. The lowest BCUT2D eigenvalue weighted by atomic mass is 9.95. The van der Waals surface area contributed by atoms with E-state index in [1.807, 2.05) is 6.92 Å². The molecule has 0 aromatic rings. The Morgan fingerprint density at radius 1 is 1.43 bits per heavy atom. The molecule has 2 nitrogen and oxygen atoms in total. The number of carbonyl (C=O) groups is 1. The molecule has 78 valence electrons. The van der Waals surface area contributed by atoms with Crippen molar-refractivity contribution in [3.05, 3.63) is 12.2 Å². The van der Waals surface area contributed by atoms with Gasteiger partial charge in [0.2, 0.25) is 0 Å². The van der Waals surface area contributed by atoms with Gasteiger partial charge in [0.05, 0.1) is 6.61 Å². The van der Waals surface area contributed by atoms with Crippen molar-refractivity contribution in [3.63, 3.8) is 0 Å². The number of esters is 1. The Labute approximate surface area is 85.3 Å².